The summed E-state index contributed by atoms with van der Waals surface area (Å²) in [6.07, 6.45) is 2.84. The summed E-state index contributed by atoms with van der Waals surface area (Å²) in [5.41, 5.74) is -1.10. The minimum Gasteiger partial charge on any atom is -0.455 e. The first-order valence-corrected chi connectivity index (χ1v) is 6.86. The number of ether oxygens (including phenoxy) is 1. The van der Waals surface area contributed by atoms with Gasteiger partial charge in [-0.2, -0.15) is 0 Å². The molecule has 0 amide bonds. The van der Waals surface area contributed by atoms with Crippen molar-refractivity contribution in [2.45, 2.75) is 31.8 Å². The zero-order valence-electron chi connectivity index (χ0n) is 9.27. The standard InChI is InChI=1S/C13H12O3S/c14-10-12(3-4-12)9(8-2-1-7-17-8)16-11(15)13(10)5-6-13/h1-2,7,9H,3-6H2. The Bertz CT molecular complexity index is 509. The fourth-order valence-electron chi connectivity index (χ4n) is 2.97. The molecule has 0 radical (unpaired) electrons. The number of Topliss-reactive ketones (excluding diaryl/α,β-unsaturated/α-hetero) is 1. The lowest BCUT2D eigenvalue weighted by Crippen LogP contribution is -2.44. The third kappa shape index (κ3) is 1.07. The van der Waals surface area contributed by atoms with Crippen LogP contribution in [-0.2, 0) is 14.3 Å². The predicted molar refractivity (Wildman–Crippen MR) is 61.5 cm³/mol. The molecule has 2 saturated carbocycles. The smallest absolute Gasteiger partial charge is 0.320 e. The monoisotopic (exact) mass is 248 g/mol. The zero-order valence-corrected chi connectivity index (χ0v) is 10.1. The van der Waals surface area contributed by atoms with Crippen molar-refractivity contribution in [3.8, 4) is 0 Å². The van der Waals surface area contributed by atoms with E-state index >= 15 is 0 Å². The minimum atomic E-state index is -0.732. The molecule has 1 unspecified atom stereocenters. The summed E-state index contributed by atoms with van der Waals surface area (Å²) in [6, 6.07) is 3.90. The Kier molecular flexibility index (Phi) is 1.62. The molecule has 3 fully saturated rings. The highest BCUT2D eigenvalue weighted by atomic mass is 32.1. The summed E-state index contributed by atoms with van der Waals surface area (Å²) in [5, 5.41) is 1.96. The number of hydrogen-bond donors (Lipinski definition) is 0. The maximum Gasteiger partial charge on any atom is 0.320 e. The van der Waals surface area contributed by atoms with Crippen molar-refractivity contribution in [2.24, 2.45) is 10.8 Å². The van der Waals surface area contributed by atoms with Gasteiger partial charge < -0.3 is 4.74 Å². The van der Waals surface area contributed by atoms with E-state index in [1.807, 2.05) is 17.5 Å². The molecule has 4 rings (SSSR count). The van der Waals surface area contributed by atoms with Gasteiger partial charge in [-0.3, -0.25) is 9.59 Å². The maximum absolute atomic E-state index is 12.5. The lowest BCUT2D eigenvalue weighted by Gasteiger charge is -2.34. The molecule has 0 aromatic carbocycles. The van der Waals surface area contributed by atoms with Crippen LogP contribution < -0.4 is 0 Å². The molecule has 1 aliphatic heterocycles. The largest absolute Gasteiger partial charge is 0.455 e. The van der Waals surface area contributed by atoms with Gasteiger partial charge in [0.25, 0.3) is 0 Å². The van der Waals surface area contributed by atoms with Crippen molar-refractivity contribution in [1.82, 2.24) is 0 Å². The van der Waals surface area contributed by atoms with E-state index in [0.717, 1.165) is 17.7 Å². The number of hydrogen-bond acceptors (Lipinski definition) is 4. The highest BCUT2D eigenvalue weighted by Crippen LogP contribution is 2.68. The first-order valence-electron chi connectivity index (χ1n) is 5.98. The summed E-state index contributed by atoms with van der Waals surface area (Å²) < 4.78 is 5.61. The quantitative estimate of drug-likeness (QED) is 0.566. The van der Waals surface area contributed by atoms with Crippen LogP contribution in [0.25, 0.3) is 0 Å². The maximum atomic E-state index is 12.5. The lowest BCUT2D eigenvalue weighted by atomic mass is 9.80. The Labute approximate surface area is 103 Å². The van der Waals surface area contributed by atoms with E-state index in [2.05, 4.69) is 0 Å². The molecule has 1 saturated heterocycles. The third-order valence-corrected chi connectivity index (χ3v) is 5.26. The number of cyclic esters (lactones) is 1. The molecule has 0 bridgehead atoms. The van der Waals surface area contributed by atoms with Crippen LogP contribution in [0.15, 0.2) is 17.5 Å². The Morgan fingerprint density at radius 3 is 2.53 bits per heavy atom. The van der Waals surface area contributed by atoms with Gasteiger partial charge in [-0.05, 0) is 37.1 Å². The Morgan fingerprint density at radius 1 is 1.24 bits per heavy atom. The molecule has 0 N–H and O–H groups in total. The van der Waals surface area contributed by atoms with Crippen molar-refractivity contribution in [2.75, 3.05) is 0 Å². The molecule has 1 aromatic heterocycles. The van der Waals surface area contributed by atoms with Gasteiger partial charge in [-0.15, -0.1) is 11.3 Å². The predicted octanol–water partition coefficient (Wildman–Crippen LogP) is 2.48. The van der Waals surface area contributed by atoms with Crippen LogP contribution in [0.5, 0.6) is 0 Å². The number of carbonyl (C=O) groups excluding carboxylic acids is 2. The number of esters is 1. The van der Waals surface area contributed by atoms with Crippen LogP contribution in [0.3, 0.4) is 0 Å². The van der Waals surface area contributed by atoms with E-state index in [1.54, 1.807) is 11.3 Å². The summed E-state index contributed by atoms with van der Waals surface area (Å²) >= 11 is 1.57. The second kappa shape index (κ2) is 2.80. The number of rotatable bonds is 1. The first-order chi connectivity index (χ1) is 8.19. The van der Waals surface area contributed by atoms with Crippen molar-refractivity contribution < 1.29 is 14.3 Å². The summed E-state index contributed by atoms with van der Waals surface area (Å²) in [5.74, 6) is -0.113. The van der Waals surface area contributed by atoms with Gasteiger partial charge in [-0.1, -0.05) is 6.07 Å². The highest BCUT2D eigenvalue weighted by Gasteiger charge is 2.73. The van der Waals surface area contributed by atoms with Gasteiger partial charge in [0, 0.05) is 4.88 Å². The number of ketones is 1. The number of thiophene rings is 1. The normalized spacial score (nSPS) is 31.6. The van der Waals surface area contributed by atoms with Gasteiger partial charge in [-0.25, -0.2) is 0 Å². The van der Waals surface area contributed by atoms with Crippen LogP contribution in [0.2, 0.25) is 0 Å². The van der Waals surface area contributed by atoms with Crippen molar-refractivity contribution in [3.05, 3.63) is 22.4 Å². The summed E-state index contributed by atoms with van der Waals surface area (Å²) in [6.45, 7) is 0. The molecular weight excluding hydrogens is 236 g/mol. The molecule has 3 aliphatic rings. The Morgan fingerprint density at radius 2 is 2.00 bits per heavy atom. The van der Waals surface area contributed by atoms with Crippen LogP contribution in [0.4, 0.5) is 0 Å². The first kappa shape index (κ1) is 9.83. The molecule has 4 heteroatoms. The SMILES string of the molecule is O=C1OC(c2cccs2)C2(CC2)C(=O)C12CC2. The van der Waals surface area contributed by atoms with E-state index < -0.39 is 5.41 Å². The second-order valence-electron chi connectivity index (χ2n) is 5.37. The van der Waals surface area contributed by atoms with Crippen molar-refractivity contribution in [1.29, 1.82) is 0 Å². The van der Waals surface area contributed by atoms with E-state index in [0.29, 0.717) is 12.8 Å². The van der Waals surface area contributed by atoms with E-state index in [-0.39, 0.29) is 23.3 Å². The minimum absolute atomic E-state index is 0.166. The fourth-order valence-corrected chi connectivity index (χ4v) is 3.84. The van der Waals surface area contributed by atoms with E-state index in [9.17, 15) is 9.59 Å². The van der Waals surface area contributed by atoms with Gasteiger partial charge in [0.15, 0.2) is 5.78 Å². The molecule has 2 heterocycles. The van der Waals surface area contributed by atoms with E-state index in [1.165, 1.54) is 0 Å². The van der Waals surface area contributed by atoms with Gasteiger partial charge in [0.2, 0.25) is 0 Å². The summed E-state index contributed by atoms with van der Waals surface area (Å²) in [4.78, 5) is 25.5. The van der Waals surface area contributed by atoms with E-state index in [4.69, 9.17) is 4.74 Å². The van der Waals surface area contributed by atoms with Gasteiger partial charge in [0.05, 0.1) is 5.41 Å². The van der Waals surface area contributed by atoms with Gasteiger partial charge >= 0.3 is 5.97 Å². The lowest BCUT2D eigenvalue weighted by molar-refractivity contribution is -0.175. The summed E-state index contributed by atoms with van der Waals surface area (Å²) in [7, 11) is 0. The van der Waals surface area contributed by atoms with Crippen LogP contribution >= 0.6 is 11.3 Å². The highest BCUT2D eigenvalue weighted by molar-refractivity contribution is 7.10. The Balaban J connectivity index is 1.78. The molecule has 1 aromatic rings. The van der Waals surface area contributed by atoms with Crippen molar-refractivity contribution >= 4 is 23.1 Å². The second-order valence-corrected chi connectivity index (χ2v) is 6.35. The van der Waals surface area contributed by atoms with Gasteiger partial charge in [0.1, 0.15) is 11.5 Å². The molecule has 3 nitrogen and oxygen atoms in total. The van der Waals surface area contributed by atoms with Crippen LogP contribution in [0, 0.1) is 10.8 Å². The van der Waals surface area contributed by atoms with Crippen LogP contribution in [0.1, 0.15) is 36.7 Å². The molecule has 1 atom stereocenters. The average Bonchev–Trinajstić information content (AvgIpc) is 3.22. The average molecular weight is 248 g/mol. The molecular formula is C13H12O3S. The third-order valence-electron chi connectivity index (χ3n) is 4.34. The molecule has 17 heavy (non-hydrogen) atoms. The number of carbonyl (C=O) groups is 2. The molecule has 2 aliphatic carbocycles. The zero-order chi connectivity index (χ0) is 11.7. The molecule has 88 valence electrons. The fraction of sp³-hybridized carbons (Fsp3) is 0.538. The Hall–Kier alpha value is -1.16. The van der Waals surface area contributed by atoms with Crippen LogP contribution in [-0.4, -0.2) is 11.8 Å². The molecule has 2 spiro atoms. The topological polar surface area (TPSA) is 43.4 Å². The van der Waals surface area contributed by atoms with Crippen molar-refractivity contribution in [3.63, 3.8) is 0 Å².